The van der Waals surface area contributed by atoms with Crippen LogP contribution < -0.4 is 16.0 Å². The van der Waals surface area contributed by atoms with Gasteiger partial charge in [-0.05, 0) is 34.5 Å². The van der Waals surface area contributed by atoms with Gasteiger partial charge in [0.15, 0.2) is 0 Å². The summed E-state index contributed by atoms with van der Waals surface area (Å²) in [6.45, 7) is 1.65. The molecular formula is C17H18BrClN6O. The van der Waals surface area contributed by atoms with Gasteiger partial charge in [0.1, 0.15) is 5.65 Å². The van der Waals surface area contributed by atoms with E-state index >= 15 is 0 Å². The van der Waals surface area contributed by atoms with Crippen molar-refractivity contribution in [3.63, 3.8) is 0 Å². The quantitative estimate of drug-likeness (QED) is 0.585. The van der Waals surface area contributed by atoms with E-state index in [4.69, 9.17) is 5.73 Å². The van der Waals surface area contributed by atoms with Crippen molar-refractivity contribution in [2.45, 2.75) is 12.5 Å². The van der Waals surface area contributed by atoms with Gasteiger partial charge in [-0.15, -0.1) is 12.4 Å². The number of amides is 1. The molecule has 1 fully saturated rings. The number of aromatic amines is 1. The topological polar surface area (TPSA) is 99.9 Å². The monoisotopic (exact) mass is 436 g/mol. The number of hydrogen-bond acceptors (Lipinski definition) is 5. The Hall–Kier alpha value is -2.16. The zero-order valence-corrected chi connectivity index (χ0v) is 16.2. The van der Waals surface area contributed by atoms with Gasteiger partial charge in [0.25, 0.3) is 5.91 Å². The lowest BCUT2D eigenvalue weighted by atomic mass is 10.2. The first-order valence-electron chi connectivity index (χ1n) is 8.01. The molecule has 4 heterocycles. The number of rotatable bonds is 3. The number of nitrogens with one attached hydrogen (secondary N) is 2. The number of fused-ring (bicyclic) bond motifs is 1. The van der Waals surface area contributed by atoms with Crippen LogP contribution in [0.4, 0.5) is 11.4 Å². The predicted molar refractivity (Wildman–Crippen MR) is 108 cm³/mol. The molecule has 3 aromatic heterocycles. The highest BCUT2D eigenvalue weighted by molar-refractivity contribution is 9.10. The van der Waals surface area contributed by atoms with Crippen LogP contribution in [0.3, 0.4) is 0 Å². The van der Waals surface area contributed by atoms with Crippen molar-refractivity contribution in [3.05, 3.63) is 47.0 Å². The Bertz CT molecular complexity index is 932. The highest BCUT2D eigenvalue weighted by Gasteiger charge is 2.25. The lowest BCUT2D eigenvalue weighted by Crippen LogP contribution is -2.26. The Morgan fingerprint density at radius 2 is 2.27 bits per heavy atom. The van der Waals surface area contributed by atoms with Crippen LogP contribution in [0.5, 0.6) is 0 Å². The fourth-order valence-corrected chi connectivity index (χ4v) is 3.70. The summed E-state index contributed by atoms with van der Waals surface area (Å²) in [5, 5.41) is 3.83. The largest absolute Gasteiger partial charge is 0.368 e. The standard InChI is InChI=1S/C17H17BrN6O.ClH/c18-12-7-21-16-14(15(12)24-5-3-11(19)9-24)13(8-22-16)23-17(25)10-2-1-4-20-6-10;/h1-2,4,6-8,11H,3,5,9,19H2,(H,21,22)(H,23,25);1H. The van der Waals surface area contributed by atoms with Crippen molar-refractivity contribution in [2.24, 2.45) is 5.73 Å². The van der Waals surface area contributed by atoms with Gasteiger partial charge in [-0.25, -0.2) is 4.98 Å². The lowest BCUT2D eigenvalue weighted by molar-refractivity contribution is 0.102. The summed E-state index contributed by atoms with van der Waals surface area (Å²) in [6, 6.07) is 3.62. The Morgan fingerprint density at radius 3 is 2.96 bits per heavy atom. The summed E-state index contributed by atoms with van der Waals surface area (Å²) in [6.07, 6.45) is 7.65. The molecule has 0 aliphatic carbocycles. The molecule has 9 heteroatoms. The van der Waals surface area contributed by atoms with E-state index in [0.717, 1.165) is 40.7 Å². The molecule has 0 saturated carbocycles. The fraction of sp³-hybridized carbons (Fsp3) is 0.235. The second-order valence-corrected chi connectivity index (χ2v) is 6.93. The first-order valence-corrected chi connectivity index (χ1v) is 8.80. The Kier molecular flexibility index (Phi) is 5.45. The molecule has 26 heavy (non-hydrogen) atoms. The molecule has 1 unspecified atom stereocenters. The first-order chi connectivity index (χ1) is 12.1. The molecule has 1 saturated heterocycles. The van der Waals surface area contributed by atoms with E-state index in [2.05, 4.69) is 41.1 Å². The van der Waals surface area contributed by atoms with Gasteiger partial charge in [-0.3, -0.25) is 9.78 Å². The summed E-state index contributed by atoms with van der Waals surface area (Å²) in [5.41, 5.74) is 8.98. The zero-order valence-electron chi connectivity index (χ0n) is 13.8. The number of carbonyl (C=O) groups is 1. The minimum absolute atomic E-state index is 0. The molecular weight excluding hydrogens is 420 g/mol. The van der Waals surface area contributed by atoms with Crippen molar-refractivity contribution in [1.82, 2.24) is 15.0 Å². The molecule has 0 bridgehead atoms. The molecule has 0 spiro atoms. The van der Waals surface area contributed by atoms with Crippen LogP contribution in [0.25, 0.3) is 11.0 Å². The smallest absolute Gasteiger partial charge is 0.257 e. The third-order valence-corrected chi connectivity index (χ3v) is 4.92. The maximum Gasteiger partial charge on any atom is 0.257 e. The maximum absolute atomic E-state index is 12.5. The van der Waals surface area contributed by atoms with Gasteiger partial charge >= 0.3 is 0 Å². The van der Waals surface area contributed by atoms with E-state index < -0.39 is 0 Å². The third kappa shape index (κ3) is 3.40. The van der Waals surface area contributed by atoms with E-state index in [1.54, 1.807) is 36.9 Å². The molecule has 4 rings (SSSR count). The highest BCUT2D eigenvalue weighted by atomic mass is 79.9. The second kappa shape index (κ2) is 7.61. The summed E-state index contributed by atoms with van der Waals surface area (Å²) in [5.74, 6) is -0.210. The van der Waals surface area contributed by atoms with Crippen molar-refractivity contribution in [1.29, 1.82) is 0 Å². The summed E-state index contributed by atoms with van der Waals surface area (Å²) in [7, 11) is 0. The van der Waals surface area contributed by atoms with Gasteiger partial charge in [-0.2, -0.15) is 0 Å². The number of hydrogen-bond donors (Lipinski definition) is 3. The number of carbonyl (C=O) groups excluding carboxylic acids is 1. The summed E-state index contributed by atoms with van der Waals surface area (Å²) in [4.78, 5) is 26.2. The van der Waals surface area contributed by atoms with Crippen molar-refractivity contribution in [3.8, 4) is 0 Å². The molecule has 1 aliphatic heterocycles. The first kappa shape index (κ1) is 18.6. The fourth-order valence-electron chi connectivity index (χ4n) is 3.15. The van der Waals surface area contributed by atoms with Crippen molar-refractivity contribution >= 4 is 56.7 Å². The number of pyridine rings is 2. The van der Waals surface area contributed by atoms with Crippen LogP contribution in [0.15, 0.2) is 41.4 Å². The minimum Gasteiger partial charge on any atom is -0.368 e. The Balaban J connectivity index is 0.00000196. The van der Waals surface area contributed by atoms with E-state index in [9.17, 15) is 4.79 Å². The van der Waals surface area contributed by atoms with Crippen molar-refractivity contribution in [2.75, 3.05) is 23.3 Å². The van der Waals surface area contributed by atoms with E-state index in [1.807, 2.05) is 0 Å². The summed E-state index contributed by atoms with van der Waals surface area (Å²) >= 11 is 3.60. The van der Waals surface area contributed by atoms with Crippen LogP contribution in [0.2, 0.25) is 0 Å². The Labute approximate surface area is 164 Å². The van der Waals surface area contributed by atoms with E-state index in [1.165, 1.54) is 0 Å². The molecule has 0 aromatic carbocycles. The van der Waals surface area contributed by atoms with Gasteiger partial charge in [0.05, 0.1) is 26.8 Å². The molecule has 1 aliphatic rings. The Morgan fingerprint density at radius 1 is 1.42 bits per heavy atom. The molecule has 3 aromatic rings. The second-order valence-electron chi connectivity index (χ2n) is 6.07. The number of anilines is 2. The molecule has 7 nitrogen and oxygen atoms in total. The maximum atomic E-state index is 12.5. The number of nitrogens with zero attached hydrogens (tertiary/aromatic N) is 3. The number of aromatic nitrogens is 3. The normalized spacial score (nSPS) is 16.5. The van der Waals surface area contributed by atoms with Crippen molar-refractivity contribution < 1.29 is 4.79 Å². The molecule has 1 amide bonds. The number of nitrogens with two attached hydrogens (primary N) is 1. The van der Waals surface area contributed by atoms with Crippen LogP contribution in [0.1, 0.15) is 16.8 Å². The van der Waals surface area contributed by atoms with E-state index in [0.29, 0.717) is 11.3 Å². The molecule has 136 valence electrons. The SMILES string of the molecule is Cl.NC1CCN(c2c(Br)cnc3[nH]cc(NC(=O)c4cccnc4)c23)C1. The molecule has 1 atom stereocenters. The van der Waals surface area contributed by atoms with Gasteiger partial charge in [0, 0.05) is 43.9 Å². The third-order valence-electron chi connectivity index (χ3n) is 4.34. The lowest BCUT2D eigenvalue weighted by Gasteiger charge is -2.21. The average molecular weight is 438 g/mol. The predicted octanol–water partition coefficient (Wildman–Crippen LogP) is 2.93. The average Bonchev–Trinajstić information content (AvgIpc) is 3.22. The van der Waals surface area contributed by atoms with Crippen LogP contribution >= 0.6 is 28.3 Å². The number of H-pyrrole nitrogens is 1. The van der Waals surface area contributed by atoms with Gasteiger partial charge in [-0.1, -0.05) is 0 Å². The highest BCUT2D eigenvalue weighted by Crippen LogP contribution is 2.39. The minimum atomic E-state index is -0.210. The van der Waals surface area contributed by atoms with Crippen LogP contribution in [0, 0.1) is 0 Å². The molecule has 0 radical (unpaired) electrons. The van der Waals surface area contributed by atoms with Gasteiger partial charge < -0.3 is 20.9 Å². The van der Waals surface area contributed by atoms with Crippen LogP contribution in [-0.2, 0) is 0 Å². The van der Waals surface area contributed by atoms with Crippen LogP contribution in [-0.4, -0.2) is 40.0 Å². The molecule has 4 N–H and O–H groups in total. The van der Waals surface area contributed by atoms with Gasteiger partial charge in [0.2, 0.25) is 0 Å². The van der Waals surface area contributed by atoms with E-state index in [-0.39, 0.29) is 24.4 Å². The number of halogens is 2. The summed E-state index contributed by atoms with van der Waals surface area (Å²) < 4.78 is 0.880. The zero-order chi connectivity index (χ0) is 17.4.